The van der Waals surface area contributed by atoms with Gasteiger partial charge in [0.2, 0.25) is 5.91 Å². The second-order valence-electron chi connectivity index (χ2n) is 4.74. The molecule has 0 spiro atoms. The number of nitro benzene ring substituents is 1. The van der Waals surface area contributed by atoms with Crippen LogP contribution < -0.4 is 10.6 Å². The Labute approximate surface area is 116 Å². The summed E-state index contributed by atoms with van der Waals surface area (Å²) in [5, 5.41) is 16.4. The summed E-state index contributed by atoms with van der Waals surface area (Å²) in [6, 6.07) is 4.16. The van der Waals surface area contributed by atoms with Gasteiger partial charge in [0, 0.05) is 25.7 Å². The predicted octanol–water partition coefficient (Wildman–Crippen LogP) is 2.43. The lowest BCUT2D eigenvalue weighted by molar-refractivity contribution is -0.384. The van der Waals surface area contributed by atoms with Crippen molar-refractivity contribution in [3.05, 3.63) is 33.3 Å². The first-order valence-electron chi connectivity index (χ1n) is 5.68. The van der Waals surface area contributed by atoms with Crippen LogP contribution in [0.1, 0.15) is 13.8 Å². The number of anilines is 1. The molecule has 19 heavy (non-hydrogen) atoms. The van der Waals surface area contributed by atoms with Crippen LogP contribution in [0.4, 0.5) is 11.4 Å². The van der Waals surface area contributed by atoms with Crippen LogP contribution in [0.15, 0.2) is 18.2 Å². The zero-order valence-electron chi connectivity index (χ0n) is 11.0. The van der Waals surface area contributed by atoms with E-state index in [1.54, 1.807) is 20.9 Å². The van der Waals surface area contributed by atoms with Crippen LogP contribution >= 0.6 is 11.6 Å². The van der Waals surface area contributed by atoms with Gasteiger partial charge in [0.05, 0.1) is 21.0 Å². The smallest absolute Gasteiger partial charge is 0.271 e. The highest BCUT2D eigenvalue weighted by Crippen LogP contribution is 2.27. The summed E-state index contributed by atoms with van der Waals surface area (Å²) in [7, 11) is 1.57. The normalized spacial score (nSPS) is 10.9. The lowest BCUT2D eigenvalue weighted by Crippen LogP contribution is -2.39. The Morgan fingerprint density at radius 3 is 2.58 bits per heavy atom. The minimum atomic E-state index is -0.611. The molecule has 0 fully saturated rings. The number of nitrogens with one attached hydrogen (secondary N) is 2. The van der Waals surface area contributed by atoms with Crippen molar-refractivity contribution in [2.24, 2.45) is 5.41 Å². The van der Waals surface area contributed by atoms with E-state index in [2.05, 4.69) is 10.6 Å². The van der Waals surface area contributed by atoms with Crippen LogP contribution in [-0.4, -0.2) is 24.4 Å². The molecule has 1 amide bonds. The first-order chi connectivity index (χ1) is 8.77. The Morgan fingerprint density at radius 2 is 2.11 bits per heavy atom. The number of carbonyl (C=O) groups excluding carboxylic acids is 1. The first-order valence-corrected chi connectivity index (χ1v) is 6.05. The van der Waals surface area contributed by atoms with E-state index in [9.17, 15) is 14.9 Å². The van der Waals surface area contributed by atoms with E-state index in [-0.39, 0.29) is 16.6 Å². The third-order valence-corrected chi connectivity index (χ3v) is 3.04. The Balaban J connectivity index is 2.79. The first kappa shape index (κ1) is 15.2. The van der Waals surface area contributed by atoms with Gasteiger partial charge in [-0.1, -0.05) is 11.6 Å². The van der Waals surface area contributed by atoms with Gasteiger partial charge in [-0.05, 0) is 19.9 Å². The summed E-state index contributed by atoms with van der Waals surface area (Å²) in [6.07, 6.45) is 0. The number of halogens is 1. The highest BCUT2D eigenvalue weighted by Gasteiger charge is 2.26. The molecular weight excluding hydrogens is 270 g/mol. The standard InChI is InChI=1S/C12H16ClN3O3/c1-12(2,11(17)14-3)7-15-10-5-4-8(16(18)19)6-9(10)13/h4-6,15H,7H2,1-3H3,(H,14,17). The number of carbonyl (C=O) groups is 1. The SMILES string of the molecule is CNC(=O)C(C)(C)CNc1ccc([N+](=O)[O-])cc1Cl. The van der Waals surface area contributed by atoms with Gasteiger partial charge in [-0.2, -0.15) is 0 Å². The van der Waals surface area contributed by atoms with Gasteiger partial charge in [-0.15, -0.1) is 0 Å². The average molecular weight is 286 g/mol. The monoisotopic (exact) mass is 285 g/mol. The fraction of sp³-hybridized carbons (Fsp3) is 0.417. The summed E-state index contributed by atoms with van der Waals surface area (Å²) in [4.78, 5) is 21.7. The van der Waals surface area contributed by atoms with Crippen molar-refractivity contribution in [1.82, 2.24) is 5.32 Å². The van der Waals surface area contributed by atoms with E-state index in [1.165, 1.54) is 18.2 Å². The van der Waals surface area contributed by atoms with Gasteiger partial charge in [-0.3, -0.25) is 14.9 Å². The van der Waals surface area contributed by atoms with Gasteiger partial charge in [0.15, 0.2) is 0 Å². The fourth-order valence-corrected chi connectivity index (χ4v) is 1.74. The van der Waals surface area contributed by atoms with E-state index in [1.807, 2.05) is 0 Å². The van der Waals surface area contributed by atoms with Crippen molar-refractivity contribution in [3.63, 3.8) is 0 Å². The van der Waals surface area contributed by atoms with Gasteiger partial charge < -0.3 is 10.6 Å². The lowest BCUT2D eigenvalue weighted by atomic mass is 9.92. The molecule has 0 atom stereocenters. The van der Waals surface area contributed by atoms with Crippen LogP contribution in [0.25, 0.3) is 0 Å². The van der Waals surface area contributed by atoms with Crippen LogP contribution in [0.3, 0.4) is 0 Å². The summed E-state index contributed by atoms with van der Waals surface area (Å²) in [5.74, 6) is -0.0990. The maximum atomic E-state index is 11.6. The molecule has 0 aliphatic heterocycles. The maximum absolute atomic E-state index is 11.6. The largest absolute Gasteiger partial charge is 0.383 e. The number of amides is 1. The van der Waals surface area contributed by atoms with Gasteiger partial charge >= 0.3 is 0 Å². The number of hydrogen-bond donors (Lipinski definition) is 2. The molecule has 2 N–H and O–H groups in total. The van der Waals surface area contributed by atoms with E-state index >= 15 is 0 Å². The van der Waals surface area contributed by atoms with Crippen LogP contribution in [0.2, 0.25) is 5.02 Å². The minimum absolute atomic E-state index is 0.0684. The molecular formula is C12H16ClN3O3. The summed E-state index contributed by atoms with van der Waals surface area (Å²) in [5.41, 5.74) is -0.120. The Hall–Kier alpha value is -1.82. The van der Waals surface area contributed by atoms with Crippen LogP contribution in [0, 0.1) is 15.5 Å². The predicted molar refractivity (Wildman–Crippen MR) is 74.4 cm³/mol. The molecule has 1 rings (SSSR count). The van der Waals surface area contributed by atoms with Crippen molar-refractivity contribution < 1.29 is 9.72 Å². The molecule has 7 heteroatoms. The lowest BCUT2D eigenvalue weighted by Gasteiger charge is -2.23. The van der Waals surface area contributed by atoms with E-state index in [4.69, 9.17) is 11.6 Å². The second kappa shape index (κ2) is 5.88. The molecule has 1 aromatic rings. The Morgan fingerprint density at radius 1 is 1.47 bits per heavy atom. The van der Waals surface area contributed by atoms with Crippen molar-refractivity contribution >= 4 is 28.9 Å². The number of rotatable bonds is 5. The van der Waals surface area contributed by atoms with Crippen LogP contribution in [-0.2, 0) is 4.79 Å². The van der Waals surface area contributed by atoms with E-state index in [0.717, 1.165) is 0 Å². The zero-order chi connectivity index (χ0) is 14.6. The van der Waals surface area contributed by atoms with Crippen molar-refractivity contribution in [2.45, 2.75) is 13.8 Å². The average Bonchev–Trinajstić information content (AvgIpc) is 2.36. The van der Waals surface area contributed by atoms with E-state index in [0.29, 0.717) is 12.2 Å². The maximum Gasteiger partial charge on any atom is 0.271 e. The fourth-order valence-electron chi connectivity index (χ4n) is 1.50. The number of benzene rings is 1. The third kappa shape index (κ3) is 3.82. The number of non-ortho nitro benzene ring substituents is 1. The van der Waals surface area contributed by atoms with Crippen molar-refractivity contribution in [1.29, 1.82) is 0 Å². The highest BCUT2D eigenvalue weighted by atomic mass is 35.5. The summed E-state index contributed by atoms with van der Waals surface area (Å²) >= 11 is 5.95. The molecule has 0 bridgehead atoms. The van der Waals surface area contributed by atoms with Gasteiger partial charge in [0.25, 0.3) is 5.69 Å². The molecule has 0 saturated heterocycles. The Kier molecular flexibility index (Phi) is 4.72. The second-order valence-corrected chi connectivity index (χ2v) is 5.15. The van der Waals surface area contributed by atoms with Gasteiger partial charge in [-0.25, -0.2) is 0 Å². The highest BCUT2D eigenvalue weighted by molar-refractivity contribution is 6.33. The molecule has 0 aromatic heterocycles. The Bertz CT molecular complexity index is 503. The van der Waals surface area contributed by atoms with Crippen molar-refractivity contribution in [3.8, 4) is 0 Å². The van der Waals surface area contributed by atoms with Crippen molar-refractivity contribution in [2.75, 3.05) is 18.9 Å². The topological polar surface area (TPSA) is 84.3 Å². The molecule has 104 valence electrons. The summed E-state index contributed by atoms with van der Waals surface area (Å²) in [6.45, 7) is 3.94. The van der Waals surface area contributed by atoms with E-state index < -0.39 is 10.3 Å². The minimum Gasteiger partial charge on any atom is -0.383 e. The van der Waals surface area contributed by atoms with Crippen LogP contribution in [0.5, 0.6) is 0 Å². The molecule has 0 saturated carbocycles. The zero-order valence-corrected chi connectivity index (χ0v) is 11.7. The van der Waals surface area contributed by atoms with Gasteiger partial charge in [0.1, 0.15) is 0 Å². The number of nitro groups is 1. The number of hydrogen-bond acceptors (Lipinski definition) is 4. The molecule has 0 unspecified atom stereocenters. The molecule has 0 aliphatic carbocycles. The molecule has 0 aliphatic rings. The summed E-state index contributed by atoms with van der Waals surface area (Å²) < 4.78 is 0. The molecule has 0 radical (unpaired) electrons. The molecule has 6 nitrogen and oxygen atoms in total. The molecule has 0 heterocycles. The molecule has 1 aromatic carbocycles. The third-order valence-electron chi connectivity index (χ3n) is 2.73. The quantitative estimate of drug-likeness (QED) is 0.643. The number of nitrogens with zero attached hydrogens (tertiary/aromatic N) is 1.